The van der Waals surface area contributed by atoms with Crippen LogP contribution >= 0.6 is 0 Å². The molecule has 4 unspecified atom stereocenters. The van der Waals surface area contributed by atoms with Gasteiger partial charge < -0.3 is 24.8 Å². The highest BCUT2D eigenvalue weighted by molar-refractivity contribution is 5.89. The number of hydrogen-bond donors (Lipinski definition) is 3. The van der Waals surface area contributed by atoms with E-state index in [4.69, 9.17) is 9.47 Å². The molecule has 0 aliphatic carbocycles. The summed E-state index contributed by atoms with van der Waals surface area (Å²) in [4.78, 5) is 11.7. The van der Waals surface area contributed by atoms with E-state index in [0.717, 1.165) is 0 Å². The molecule has 1 saturated heterocycles. The van der Waals surface area contributed by atoms with Crippen molar-refractivity contribution in [3.63, 3.8) is 0 Å². The van der Waals surface area contributed by atoms with Crippen LogP contribution in [0.3, 0.4) is 0 Å². The summed E-state index contributed by atoms with van der Waals surface area (Å²) in [5, 5.41) is 28.3. The lowest BCUT2D eigenvalue weighted by molar-refractivity contribution is -0.251. The van der Waals surface area contributed by atoms with Crippen LogP contribution in [-0.4, -0.2) is 52.5 Å². The molecule has 1 heterocycles. The van der Waals surface area contributed by atoms with E-state index in [-0.39, 0.29) is 6.61 Å². The van der Waals surface area contributed by atoms with E-state index in [1.54, 1.807) is 30.3 Å². The van der Waals surface area contributed by atoms with Gasteiger partial charge in [-0.3, -0.25) is 0 Å². The molecule has 0 saturated carbocycles. The third-order valence-electron chi connectivity index (χ3n) is 2.69. The molecule has 1 aromatic rings. The Hall–Kier alpha value is -1.47. The molecular weight excluding hydrogens is 240 g/mol. The van der Waals surface area contributed by atoms with Crippen molar-refractivity contribution in [2.45, 2.75) is 24.6 Å². The minimum atomic E-state index is -1.47. The van der Waals surface area contributed by atoms with Crippen LogP contribution in [0.15, 0.2) is 30.3 Å². The van der Waals surface area contributed by atoms with Crippen LogP contribution in [0.4, 0.5) is 0 Å². The van der Waals surface area contributed by atoms with Gasteiger partial charge in [0.15, 0.2) is 0 Å². The number of aliphatic hydroxyl groups is 3. The second-order valence-corrected chi connectivity index (χ2v) is 4.02. The fourth-order valence-electron chi connectivity index (χ4n) is 1.63. The molecule has 6 heteroatoms. The maximum atomic E-state index is 11.7. The minimum Gasteiger partial charge on any atom is -0.429 e. The fourth-order valence-corrected chi connectivity index (χ4v) is 1.63. The van der Waals surface area contributed by atoms with E-state index in [1.165, 1.54) is 0 Å². The fraction of sp³-hybridized carbons (Fsp3) is 0.417. The molecule has 1 fully saturated rings. The number of carbonyl (C=O) groups is 1. The molecule has 1 aliphatic rings. The minimum absolute atomic E-state index is 0.203. The van der Waals surface area contributed by atoms with Crippen molar-refractivity contribution in [2.75, 3.05) is 6.61 Å². The van der Waals surface area contributed by atoms with Gasteiger partial charge in [0, 0.05) is 0 Å². The van der Waals surface area contributed by atoms with E-state index in [1.807, 2.05) is 0 Å². The zero-order valence-electron chi connectivity index (χ0n) is 9.47. The summed E-state index contributed by atoms with van der Waals surface area (Å²) in [7, 11) is 0. The van der Waals surface area contributed by atoms with E-state index in [2.05, 4.69) is 0 Å². The molecule has 18 heavy (non-hydrogen) atoms. The van der Waals surface area contributed by atoms with Crippen LogP contribution in [0, 0.1) is 0 Å². The molecule has 2 rings (SSSR count). The van der Waals surface area contributed by atoms with Crippen LogP contribution in [0.5, 0.6) is 0 Å². The zero-order chi connectivity index (χ0) is 13.1. The van der Waals surface area contributed by atoms with Crippen LogP contribution in [0.2, 0.25) is 0 Å². The summed E-state index contributed by atoms with van der Waals surface area (Å²) in [6.07, 6.45) is -5.34. The highest BCUT2D eigenvalue weighted by Gasteiger charge is 2.39. The summed E-state index contributed by atoms with van der Waals surface area (Å²) in [6.45, 7) is -0.203. The SMILES string of the molecule is O=C(OC1OCC(O)C(O)C1O)c1ccccc1. The quantitative estimate of drug-likeness (QED) is 0.603. The van der Waals surface area contributed by atoms with Crippen molar-refractivity contribution in [3.8, 4) is 0 Å². The van der Waals surface area contributed by atoms with Crippen molar-refractivity contribution in [1.82, 2.24) is 0 Å². The Morgan fingerprint density at radius 2 is 1.83 bits per heavy atom. The largest absolute Gasteiger partial charge is 0.429 e. The van der Waals surface area contributed by atoms with Gasteiger partial charge in [-0.2, -0.15) is 0 Å². The van der Waals surface area contributed by atoms with E-state index < -0.39 is 30.6 Å². The Kier molecular flexibility index (Phi) is 3.93. The normalized spacial score (nSPS) is 31.9. The second-order valence-electron chi connectivity index (χ2n) is 4.02. The Morgan fingerprint density at radius 1 is 1.17 bits per heavy atom. The monoisotopic (exact) mass is 254 g/mol. The highest BCUT2D eigenvalue weighted by atomic mass is 16.7. The molecule has 6 nitrogen and oxygen atoms in total. The average molecular weight is 254 g/mol. The van der Waals surface area contributed by atoms with E-state index in [9.17, 15) is 20.1 Å². The lowest BCUT2D eigenvalue weighted by atomic mass is 10.1. The lowest BCUT2D eigenvalue weighted by Gasteiger charge is -2.34. The van der Waals surface area contributed by atoms with Gasteiger partial charge in [0.05, 0.1) is 12.2 Å². The number of benzene rings is 1. The summed E-state index contributed by atoms with van der Waals surface area (Å²) in [5.41, 5.74) is 0.314. The highest BCUT2D eigenvalue weighted by Crippen LogP contribution is 2.17. The Morgan fingerprint density at radius 3 is 2.50 bits per heavy atom. The Bertz CT molecular complexity index is 406. The van der Waals surface area contributed by atoms with Gasteiger partial charge in [0.1, 0.15) is 18.3 Å². The third-order valence-corrected chi connectivity index (χ3v) is 2.69. The van der Waals surface area contributed by atoms with Crippen molar-refractivity contribution < 1.29 is 29.6 Å². The number of aliphatic hydroxyl groups excluding tert-OH is 3. The van der Waals surface area contributed by atoms with Crippen LogP contribution in [0.25, 0.3) is 0 Å². The first kappa shape index (κ1) is 13.0. The maximum absolute atomic E-state index is 11.7. The predicted molar refractivity (Wildman–Crippen MR) is 59.6 cm³/mol. The van der Waals surface area contributed by atoms with Gasteiger partial charge in [-0.25, -0.2) is 4.79 Å². The topological polar surface area (TPSA) is 96.2 Å². The number of ether oxygens (including phenoxy) is 2. The smallest absolute Gasteiger partial charge is 0.340 e. The molecule has 1 aliphatic heterocycles. The van der Waals surface area contributed by atoms with Crippen molar-refractivity contribution in [3.05, 3.63) is 35.9 Å². The molecular formula is C12H14O6. The van der Waals surface area contributed by atoms with Crippen molar-refractivity contribution in [1.29, 1.82) is 0 Å². The molecule has 3 N–H and O–H groups in total. The summed E-state index contributed by atoms with van der Waals surface area (Å²) in [5.74, 6) is -0.664. The Labute approximate surface area is 103 Å². The van der Waals surface area contributed by atoms with Gasteiger partial charge in [-0.1, -0.05) is 18.2 Å². The molecule has 0 aromatic heterocycles. The van der Waals surface area contributed by atoms with Crippen LogP contribution in [-0.2, 0) is 9.47 Å². The molecule has 0 amide bonds. The summed E-state index contributed by atoms with van der Waals surface area (Å²) >= 11 is 0. The summed E-state index contributed by atoms with van der Waals surface area (Å²) < 4.78 is 9.89. The number of hydrogen-bond acceptors (Lipinski definition) is 6. The summed E-state index contributed by atoms with van der Waals surface area (Å²) in [6, 6.07) is 8.22. The van der Waals surface area contributed by atoms with Crippen LogP contribution < -0.4 is 0 Å². The first-order valence-electron chi connectivity index (χ1n) is 5.51. The van der Waals surface area contributed by atoms with Crippen molar-refractivity contribution in [2.24, 2.45) is 0 Å². The lowest BCUT2D eigenvalue weighted by Crippen LogP contribution is -2.54. The van der Waals surface area contributed by atoms with Gasteiger partial charge in [0.25, 0.3) is 0 Å². The first-order valence-corrected chi connectivity index (χ1v) is 5.51. The maximum Gasteiger partial charge on any atom is 0.340 e. The molecule has 98 valence electrons. The number of esters is 1. The average Bonchev–Trinajstić information content (AvgIpc) is 2.40. The second kappa shape index (κ2) is 5.45. The Balaban J connectivity index is 2.00. The molecule has 4 atom stereocenters. The van der Waals surface area contributed by atoms with E-state index in [0.29, 0.717) is 5.56 Å². The van der Waals surface area contributed by atoms with Gasteiger partial charge in [0.2, 0.25) is 6.29 Å². The first-order chi connectivity index (χ1) is 8.59. The molecule has 1 aromatic carbocycles. The van der Waals surface area contributed by atoms with E-state index >= 15 is 0 Å². The van der Waals surface area contributed by atoms with Crippen molar-refractivity contribution >= 4 is 5.97 Å². The van der Waals surface area contributed by atoms with Crippen LogP contribution in [0.1, 0.15) is 10.4 Å². The predicted octanol–water partition coefficient (Wildman–Crippen LogP) is -0.718. The van der Waals surface area contributed by atoms with Gasteiger partial charge in [-0.05, 0) is 12.1 Å². The molecule has 0 radical (unpaired) electrons. The third kappa shape index (κ3) is 2.68. The molecule has 0 bridgehead atoms. The van der Waals surface area contributed by atoms with Gasteiger partial charge >= 0.3 is 5.97 Å². The standard InChI is InChI=1S/C12H14O6/c13-8-6-17-12(10(15)9(8)14)18-11(16)7-4-2-1-3-5-7/h1-5,8-10,12-15H,6H2. The van der Waals surface area contributed by atoms with Gasteiger partial charge in [-0.15, -0.1) is 0 Å². The zero-order valence-corrected chi connectivity index (χ0v) is 9.47. The molecule has 0 spiro atoms. The number of rotatable bonds is 2. The number of carbonyl (C=O) groups excluding carboxylic acids is 1.